The maximum atomic E-state index is 13.7. The van der Waals surface area contributed by atoms with Gasteiger partial charge in [-0.2, -0.15) is 0 Å². The minimum atomic E-state index is -3.86. The van der Waals surface area contributed by atoms with Crippen LogP contribution in [0, 0.1) is 22.9 Å². The van der Waals surface area contributed by atoms with E-state index in [1.165, 1.54) is 34.6 Å². The standard InChI is InChI=1S/C25H26FN3O4S/c1-19-5-11-25(12-6-19)34(32,33)28(22-9-7-21(26)8-10-22)23-13-15-27(16-14-23)18-20-3-2-4-24(17-20)29(30)31/h2-12,17,23H,13-16,18H2,1H3. The third-order valence-corrected chi connectivity index (χ3v) is 7.97. The summed E-state index contributed by atoms with van der Waals surface area (Å²) in [4.78, 5) is 13.0. The number of nitro benzene ring substituents is 1. The average molecular weight is 484 g/mol. The molecule has 0 saturated carbocycles. The predicted molar refractivity (Wildman–Crippen MR) is 129 cm³/mol. The number of anilines is 1. The second-order valence-electron chi connectivity index (χ2n) is 8.52. The number of likely N-dealkylation sites (tertiary alicyclic amines) is 1. The maximum absolute atomic E-state index is 13.7. The summed E-state index contributed by atoms with van der Waals surface area (Å²) in [6.07, 6.45) is 1.16. The Labute approximate surface area is 198 Å². The lowest BCUT2D eigenvalue weighted by molar-refractivity contribution is -0.384. The lowest BCUT2D eigenvalue weighted by Crippen LogP contribution is -2.47. The van der Waals surface area contributed by atoms with Crippen molar-refractivity contribution in [2.75, 3.05) is 17.4 Å². The molecule has 4 rings (SSSR count). The third-order valence-electron chi connectivity index (χ3n) is 6.08. The molecule has 9 heteroatoms. The van der Waals surface area contributed by atoms with E-state index in [-0.39, 0.29) is 16.6 Å². The Balaban J connectivity index is 1.55. The fourth-order valence-electron chi connectivity index (χ4n) is 4.30. The smallest absolute Gasteiger partial charge is 0.269 e. The van der Waals surface area contributed by atoms with E-state index < -0.39 is 20.8 Å². The highest BCUT2D eigenvalue weighted by atomic mass is 32.2. The number of aryl methyl sites for hydroxylation is 1. The van der Waals surface area contributed by atoms with Crippen LogP contribution >= 0.6 is 0 Å². The number of hydrogen-bond donors (Lipinski definition) is 0. The molecule has 0 aromatic heterocycles. The second-order valence-corrected chi connectivity index (χ2v) is 10.3. The molecule has 34 heavy (non-hydrogen) atoms. The van der Waals surface area contributed by atoms with Crippen LogP contribution < -0.4 is 4.31 Å². The van der Waals surface area contributed by atoms with Crippen LogP contribution in [0.25, 0.3) is 0 Å². The summed E-state index contributed by atoms with van der Waals surface area (Å²) >= 11 is 0. The molecule has 0 N–H and O–H groups in total. The van der Waals surface area contributed by atoms with E-state index in [1.807, 2.05) is 13.0 Å². The van der Waals surface area contributed by atoms with Gasteiger partial charge in [0.1, 0.15) is 5.82 Å². The van der Waals surface area contributed by atoms with Gasteiger partial charge in [0.2, 0.25) is 0 Å². The van der Waals surface area contributed by atoms with Gasteiger partial charge in [-0.3, -0.25) is 19.3 Å². The van der Waals surface area contributed by atoms with Crippen molar-refractivity contribution in [2.24, 2.45) is 0 Å². The van der Waals surface area contributed by atoms with Gasteiger partial charge in [0.25, 0.3) is 15.7 Å². The van der Waals surface area contributed by atoms with Crippen LogP contribution in [0.1, 0.15) is 24.0 Å². The van der Waals surface area contributed by atoms with Gasteiger partial charge in [0, 0.05) is 37.8 Å². The van der Waals surface area contributed by atoms with Gasteiger partial charge < -0.3 is 0 Å². The Hall–Kier alpha value is -3.30. The number of benzene rings is 3. The predicted octanol–water partition coefficient (Wildman–Crippen LogP) is 4.90. The highest BCUT2D eigenvalue weighted by molar-refractivity contribution is 7.92. The molecule has 7 nitrogen and oxygen atoms in total. The Kier molecular flexibility index (Phi) is 6.95. The Bertz CT molecular complexity index is 1260. The van der Waals surface area contributed by atoms with Crippen LogP contribution in [0.5, 0.6) is 0 Å². The van der Waals surface area contributed by atoms with Gasteiger partial charge in [0.15, 0.2) is 0 Å². The second kappa shape index (κ2) is 9.90. The van der Waals surface area contributed by atoms with Crippen LogP contribution in [0.15, 0.2) is 77.7 Å². The van der Waals surface area contributed by atoms with Crippen LogP contribution in [0.4, 0.5) is 15.8 Å². The van der Waals surface area contributed by atoms with Crippen molar-refractivity contribution in [2.45, 2.75) is 37.2 Å². The summed E-state index contributed by atoms with van der Waals surface area (Å²) in [6, 6.07) is 18.5. The summed E-state index contributed by atoms with van der Waals surface area (Å²) in [6.45, 7) is 3.71. The molecular weight excluding hydrogens is 457 g/mol. The van der Waals surface area contributed by atoms with Crippen molar-refractivity contribution in [3.63, 3.8) is 0 Å². The van der Waals surface area contributed by atoms with E-state index in [1.54, 1.807) is 36.4 Å². The van der Waals surface area contributed by atoms with Crippen LogP contribution in [0.3, 0.4) is 0 Å². The summed E-state index contributed by atoms with van der Waals surface area (Å²) in [5.74, 6) is -0.428. The molecule has 1 aliphatic heterocycles. The largest absolute Gasteiger partial charge is 0.299 e. The average Bonchev–Trinajstić information content (AvgIpc) is 2.82. The highest BCUT2D eigenvalue weighted by Gasteiger charge is 2.34. The summed E-state index contributed by atoms with van der Waals surface area (Å²) in [7, 11) is -3.86. The number of piperidine rings is 1. The van der Waals surface area contributed by atoms with Gasteiger partial charge >= 0.3 is 0 Å². The normalized spacial score (nSPS) is 15.2. The molecule has 0 bridgehead atoms. The van der Waals surface area contributed by atoms with Crippen molar-refractivity contribution in [1.29, 1.82) is 0 Å². The number of nitro groups is 1. The van der Waals surface area contributed by atoms with Gasteiger partial charge in [-0.1, -0.05) is 29.8 Å². The molecule has 0 radical (unpaired) electrons. The lowest BCUT2D eigenvalue weighted by Gasteiger charge is -2.39. The van der Waals surface area contributed by atoms with Gasteiger partial charge in [0.05, 0.1) is 15.5 Å². The number of sulfonamides is 1. The van der Waals surface area contributed by atoms with E-state index in [2.05, 4.69) is 4.90 Å². The zero-order chi connectivity index (χ0) is 24.3. The molecule has 1 fully saturated rings. The molecule has 3 aromatic rings. The molecule has 0 unspecified atom stereocenters. The molecule has 178 valence electrons. The number of hydrogen-bond acceptors (Lipinski definition) is 5. The third kappa shape index (κ3) is 5.26. The first-order valence-corrected chi connectivity index (χ1v) is 12.5. The zero-order valence-electron chi connectivity index (χ0n) is 18.8. The Morgan fingerprint density at radius 1 is 1.03 bits per heavy atom. The SMILES string of the molecule is Cc1ccc(S(=O)(=O)N(c2ccc(F)cc2)C2CCN(Cc3cccc([N+](=O)[O-])c3)CC2)cc1. The van der Waals surface area contributed by atoms with Gasteiger partial charge in [-0.15, -0.1) is 0 Å². The molecule has 0 aliphatic carbocycles. The van der Waals surface area contributed by atoms with E-state index >= 15 is 0 Å². The maximum Gasteiger partial charge on any atom is 0.269 e. The Morgan fingerprint density at radius 3 is 2.29 bits per heavy atom. The number of non-ortho nitro benzene ring substituents is 1. The monoisotopic (exact) mass is 483 g/mol. The molecule has 1 saturated heterocycles. The molecular formula is C25H26FN3O4S. The van der Waals surface area contributed by atoms with E-state index in [4.69, 9.17) is 0 Å². The summed E-state index contributed by atoms with van der Waals surface area (Å²) in [5.41, 5.74) is 2.29. The van der Waals surface area contributed by atoms with Crippen molar-refractivity contribution in [3.8, 4) is 0 Å². The van der Waals surface area contributed by atoms with Gasteiger partial charge in [-0.05, 0) is 61.7 Å². The molecule has 3 aromatic carbocycles. The number of nitrogens with zero attached hydrogens (tertiary/aromatic N) is 3. The highest BCUT2D eigenvalue weighted by Crippen LogP contribution is 2.31. The first-order valence-electron chi connectivity index (χ1n) is 11.1. The topological polar surface area (TPSA) is 83.8 Å². The fourth-order valence-corrected chi connectivity index (χ4v) is 6.01. The van der Waals surface area contributed by atoms with Crippen LogP contribution in [-0.2, 0) is 16.6 Å². The minimum absolute atomic E-state index is 0.0547. The quantitative estimate of drug-likeness (QED) is 0.353. The number of rotatable bonds is 7. The summed E-state index contributed by atoms with van der Waals surface area (Å²) in [5, 5.41) is 11.1. The van der Waals surface area contributed by atoms with Crippen molar-refractivity contribution < 1.29 is 17.7 Å². The Morgan fingerprint density at radius 2 is 1.68 bits per heavy atom. The first kappa shape index (κ1) is 23.8. The molecule has 1 heterocycles. The van der Waals surface area contributed by atoms with E-state index in [0.717, 1.165) is 11.1 Å². The minimum Gasteiger partial charge on any atom is -0.299 e. The van der Waals surface area contributed by atoms with Crippen molar-refractivity contribution in [3.05, 3.63) is 99.9 Å². The van der Waals surface area contributed by atoms with E-state index in [0.29, 0.717) is 38.2 Å². The fraction of sp³-hybridized carbons (Fsp3) is 0.280. The zero-order valence-corrected chi connectivity index (χ0v) is 19.6. The van der Waals surface area contributed by atoms with Crippen LogP contribution in [-0.4, -0.2) is 37.4 Å². The molecule has 0 atom stereocenters. The number of halogens is 1. The molecule has 0 amide bonds. The van der Waals surface area contributed by atoms with Gasteiger partial charge in [-0.25, -0.2) is 12.8 Å². The van der Waals surface area contributed by atoms with Crippen LogP contribution in [0.2, 0.25) is 0 Å². The summed E-state index contributed by atoms with van der Waals surface area (Å²) < 4.78 is 42.3. The van der Waals surface area contributed by atoms with Crippen molar-refractivity contribution in [1.82, 2.24) is 4.90 Å². The first-order chi connectivity index (χ1) is 16.2. The molecule has 1 aliphatic rings. The lowest BCUT2D eigenvalue weighted by atomic mass is 10.0. The molecule has 0 spiro atoms. The van der Waals surface area contributed by atoms with Crippen molar-refractivity contribution >= 4 is 21.4 Å². The van der Waals surface area contributed by atoms with E-state index in [9.17, 15) is 22.9 Å².